The maximum atomic E-state index is 12.8. The normalized spacial score (nSPS) is 17.9. The van der Waals surface area contributed by atoms with Crippen LogP contribution in [-0.2, 0) is 4.79 Å². The van der Waals surface area contributed by atoms with Crippen LogP contribution in [0.2, 0.25) is 0 Å². The fourth-order valence-electron chi connectivity index (χ4n) is 3.49. The van der Waals surface area contributed by atoms with E-state index in [0.29, 0.717) is 12.4 Å². The van der Waals surface area contributed by atoms with Gasteiger partial charge in [0.1, 0.15) is 12.7 Å². The van der Waals surface area contributed by atoms with E-state index >= 15 is 0 Å². The molecule has 4 rings (SSSR count). The monoisotopic (exact) mass is 377 g/mol. The second kappa shape index (κ2) is 8.16. The third kappa shape index (κ3) is 4.00. The van der Waals surface area contributed by atoms with Crippen molar-refractivity contribution >= 4 is 11.7 Å². The van der Waals surface area contributed by atoms with Gasteiger partial charge >= 0.3 is 0 Å². The van der Waals surface area contributed by atoms with E-state index in [0.717, 1.165) is 30.8 Å². The number of rotatable bonds is 5. The maximum absolute atomic E-state index is 12.8. The summed E-state index contributed by atoms with van der Waals surface area (Å²) in [6.07, 6.45) is 4.87. The highest BCUT2D eigenvalue weighted by Crippen LogP contribution is 2.23. The minimum Gasteiger partial charge on any atom is -0.354 e. The molecule has 2 atom stereocenters. The number of amides is 1. The highest BCUT2D eigenvalue weighted by Gasteiger charge is 2.27. The van der Waals surface area contributed by atoms with E-state index in [9.17, 15) is 4.79 Å². The summed E-state index contributed by atoms with van der Waals surface area (Å²) in [6, 6.07) is 13.8. The minimum atomic E-state index is -0.0586. The fourth-order valence-corrected chi connectivity index (χ4v) is 3.49. The molecule has 3 heterocycles. The first-order chi connectivity index (χ1) is 13.7. The number of benzene rings is 1. The lowest BCUT2D eigenvalue weighted by Gasteiger charge is -2.33. The third-order valence-electron chi connectivity index (χ3n) is 5.06. The van der Waals surface area contributed by atoms with Crippen LogP contribution < -0.4 is 10.2 Å². The van der Waals surface area contributed by atoms with Gasteiger partial charge in [-0.3, -0.25) is 4.79 Å². The largest absolute Gasteiger partial charge is 0.354 e. The zero-order valence-electron chi connectivity index (χ0n) is 15.8. The van der Waals surface area contributed by atoms with Gasteiger partial charge in [-0.2, -0.15) is 5.10 Å². The van der Waals surface area contributed by atoms with Gasteiger partial charge < -0.3 is 10.2 Å². The molecular weight excluding hydrogens is 354 g/mol. The SMILES string of the molecule is CC(NC(=O)C1CCCN(c2ccc(-n3cncn3)nn2)C1)c1ccccc1. The van der Waals surface area contributed by atoms with Crippen molar-refractivity contribution in [3.05, 3.63) is 60.7 Å². The Bertz CT molecular complexity index is 896. The number of aromatic nitrogens is 5. The second-order valence-corrected chi connectivity index (χ2v) is 7.02. The van der Waals surface area contributed by atoms with Crippen LogP contribution in [0.5, 0.6) is 0 Å². The third-order valence-corrected chi connectivity index (χ3v) is 5.06. The van der Waals surface area contributed by atoms with Gasteiger partial charge in [0, 0.05) is 13.1 Å². The van der Waals surface area contributed by atoms with Crippen molar-refractivity contribution in [2.45, 2.75) is 25.8 Å². The molecule has 1 aliphatic heterocycles. The van der Waals surface area contributed by atoms with Crippen LogP contribution in [-0.4, -0.2) is 44.0 Å². The van der Waals surface area contributed by atoms with Crippen molar-refractivity contribution in [3.8, 4) is 5.82 Å². The van der Waals surface area contributed by atoms with Crippen molar-refractivity contribution in [1.82, 2.24) is 30.3 Å². The Morgan fingerprint density at radius 2 is 1.93 bits per heavy atom. The van der Waals surface area contributed by atoms with Crippen molar-refractivity contribution in [2.75, 3.05) is 18.0 Å². The summed E-state index contributed by atoms with van der Waals surface area (Å²) >= 11 is 0. The van der Waals surface area contributed by atoms with Crippen LogP contribution in [0.3, 0.4) is 0 Å². The first-order valence-electron chi connectivity index (χ1n) is 9.50. The lowest BCUT2D eigenvalue weighted by molar-refractivity contribution is -0.125. The summed E-state index contributed by atoms with van der Waals surface area (Å²) < 4.78 is 1.56. The van der Waals surface area contributed by atoms with E-state index in [4.69, 9.17) is 0 Å². The van der Waals surface area contributed by atoms with Crippen molar-refractivity contribution in [3.63, 3.8) is 0 Å². The molecule has 2 unspecified atom stereocenters. The predicted molar refractivity (Wildman–Crippen MR) is 105 cm³/mol. The van der Waals surface area contributed by atoms with Crippen molar-refractivity contribution in [1.29, 1.82) is 0 Å². The Balaban J connectivity index is 1.39. The molecule has 28 heavy (non-hydrogen) atoms. The van der Waals surface area contributed by atoms with Crippen molar-refractivity contribution in [2.24, 2.45) is 5.92 Å². The molecule has 0 aliphatic carbocycles. The summed E-state index contributed by atoms with van der Waals surface area (Å²) in [5, 5.41) is 15.7. The Morgan fingerprint density at radius 1 is 1.14 bits per heavy atom. The van der Waals surface area contributed by atoms with Crippen LogP contribution in [0.4, 0.5) is 5.82 Å². The van der Waals surface area contributed by atoms with Crippen LogP contribution in [0.25, 0.3) is 5.82 Å². The quantitative estimate of drug-likeness (QED) is 0.733. The molecule has 1 aliphatic rings. The molecule has 144 valence electrons. The highest BCUT2D eigenvalue weighted by atomic mass is 16.2. The molecular formula is C20H23N7O. The van der Waals surface area contributed by atoms with Crippen LogP contribution in [0.1, 0.15) is 31.4 Å². The standard InChI is InChI=1S/C20H23N7O/c1-15(16-6-3-2-4-7-16)23-20(28)17-8-5-11-26(12-17)18-9-10-19(25-24-18)27-14-21-13-22-27/h2-4,6-7,9-10,13-15,17H,5,8,11-12H2,1H3,(H,23,28). The summed E-state index contributed by atoms with van der Waals surface area (Å²) in [4.78, 5) is 18.8. The summed E-state index contributed by atoms with van der Waals surface area (Å²) in [5.41, 5.74) is 1.11. The molecule has 1 N–H and O–H groups in total. The van der Waals surface area contributed by atoms with E-state index in [1.165, 1.54) is 6.33 Å². The average Bonchev–Trinajstić information content (AvgIpc) is 3.29. The van der Waals surface area contributed by atoms with Crippen molar-refractivity contribution < 1.29 is 4.79 Å². The topological polar surface area (TPSA) is 88.8 Å². The number of carbonyl (C=O) groups excluding carboxylic acids is 1. The molecule has 0 radical (unpaired) electrons. The molecule has 1 amide bonds. The first-order valence-corrected chi connectivity index (χ1v) is 9.50. The van der Waals surface area contributed by atoms with Crippen LogP contribution in [0.15, 0.2) is 55.1 Å². The molecule has 0 spiro atoms. The number of anilines is 1. The van der Waals surface area contributed by atoms with Gasteiger partial charge in [0.2, 0.25) is 5.91 Å². The number of hydrogen-bond acceptors (Lipinski definition) is 6. The molecule has 1 saturated heterocycles. The Morgan fingerprint density at radius 3 is 2.64 bits per heavy atom. The van der Waals surface area contributed by atoms with Gasteiger partial charge in [-0.1, -0.05) is 30.3 Å². The number of carbonyl (C=O) groups is 1. The molecule has 8 heteroatoms. The van der Waals surface area contributed by atoms with E-state index in [1.807, 2.05) is 49.4 Å². The molecule has 2 aromatic heterocycles. The maximum Gasteiger partial charge on any atom is 0.225 e. The molecule has 1 aromatic carbocycles. The fraction of sp³-hybridized carbons (Fsp3) is 0.350. The number of piperidine rings is 1. The average molecular weight is 377 g/mol. The minimum absolute atomic E-state index is 0.00849. The molecule has 1 fully saturated rings. The van der Waals surface area contributed by atoms with E-state index < -0.39 is 0 Å². The molecule has 0 saturated carbocycles. The molecule has 0 bridgehead atoms. The van der Waals surface area contributed by atoms with E-state index in [1.54, 1.807) is 11.0 Å². The second-order valence-electron chi connectivity index (χ2n) is 7.02. The van der Waals surface area contributed by atoms with Crippen LogP contribution in [0, 0.1) is 5.92 Å². The van der Waals surface area contributed by atoms with Gasteiger partial charge in [-0.05, 0) is 37.5 Å². The molecule has 3 aromatic rings. The smallest absolute Gasteiger partial charge is 0.225 e. The summed E-state index contributed by atoms with van der Waals surface area (Å²) in [5.74, 6) is 1.42. The predicted octanol–water partition coefficient (Wildman–Crippen LogP) is 2.15. The zero-order valence-corrected chi connectivity index (χ0v) is 15.8. The first kappa shape index (κ1) is 18.1. The lowest BCUT2D eigenvalue weighted by Crippen LogP contribution is -2.44. The Kier molecular flexibility index (Phi) is 5.27. The number of hydrogen-bond donors (Lipinski definition) is 1. The molecule has 8 nitrogen and oxygen atoms in total. The lowest BCUT2D eigenvalue weighted by atomic mass is 9.96. The van der Waals surface area contributed by atoms with Gasteiger partial charge in [0.15, 0.2) is 11.6 Å². The van der Waals surface area contributed by atoms with E-state index in [2.05, 4.69) is 30.5 Å². The van der Waals surface area contributed by atoms with E-state index in [-0.39, 0.29) is 17.9 Å². The number of nitrogens with one attached hydrogen (secondary N) is 1. The summed E-state index contributed by atoms with van der Waals surface area (Å²) in [7, 11) is 0. The van der Waals surface area contributed by atoms with Gasteiger partial charge in [0.05, 0.1) is 12.0 Å². The zero-order chi connectivity index (χ0) is 19.3. The number of nitrogens with zero attached hydrogens (tertiary/aromatic N) is 6. The Labute approximate surface area is 163 Å². The Hall–Kier alpha value is -3.29. The van der Waals surface area contributed by atoms with Gasteiger partial charge in [-0.15, -0.1) is 10.2 Å². The highest BCUT2D eigenvalue weighted by molar-refractivity contribution is 5.80. The summed E-state index contributed by atoms with van der Waals surface area (Å²) in [6.45, 7) is 3.53. The van der Waals surface area contributed by atoms with Gasteiger partial charge in [0.25, 0.3) is 0 Å². The van der Waals surface area contributed by atoms with Gasteiger partial charge in [-0.25, -0.2) is 9.67 Å². The van der Waals surface area contributed by atoms with Crippen LogP contribution >= 0.6 is 0 Å².